The number of hydrogen-bond donors (Lipinski definition) is 2. The molecule has 2 atom stereocenters. The molecule has 0 amide bonds. The summed E-state index contributed by atoms with van der Waals surface area (Å²) in [5.41, 5.74) is 3.73. The van der Waals surface area contributed by atoms with Crippen molar-refractivity contribution in [3.63, 3.8) is 0 Å². The first kappa shape index (κ1) is 23.1. The van der Waals surface area contributed by atoms with Crippen molar-refractivity contribution in [3.8, 4) is 11.5 Å². The zero-order valence-electron chi connectivity index (χ0n) is 19.7. The summed E-state index contributed by atoms with van der Waals surface area (Å²) in [7, 11) is 1.70. The van der Waals surface area contributed by atoms with Gasteiger partial charge in [0.05, 0.1) is 13.7 Å². The molecule has 1 aliphatic heterocycles. The first-order valence-electron chi connectivity index (χ1n) is 11.8. The molecule has 5 nitrogen and oxygen atoms in total. The normalized spacial score (nSPS) is 16.9. The molecule has 4 rings (SSSR count). The van der Waals surface area contributed by atoms with E-state index in [0.29, 0.717) is 12.6 Å². The van der Waals surface area contributed by atoms with E-state index in [-0.39, 0.29) is 6.04 Å². The molecule has 0 aliphatic carbocycles. The molecule has 0 saturated carbocycles. The van der Waals surface area contributed by atoms with Gasteiger partial charge in [0.25, 0.3) is 0 Å². The van der Waals surface area contributed by atoms with Crippen LogP contribution in [0.3, 0.4) is 0 Å². The molecule has 0 bridgehead atoms. The average Bonchev–Trinajstić information content (AvgIpc) is 2.88. The Bertz CT molecular complexity index is 995. The van der Waals surface area contributed by atoms with Crippen LogP contribution >= 0.6 is 0 Å². The summed E-state index contributed by atoms with van der Waals surface area (Å²) in [4.78, 5) is 2.46. The summed E-state index contributed by atoms with van der Waals surface area (Å²) in [6.45, 7) is 6.73. The van der Waals surface area contributed by atoms with Crippen LogP contribution in [0.15, 0.2) is 78.9 Å². The summed E-state index contributed by atoms with van der Waals surface area (Å²) < 4.78 is 11.5. The molecule has 0 spiro atoms. The molecule has 0 radical (unpaired) electrons. The van der Waals surface area contributed by atoms with Gasteiger partial charge in [-0.1, -0.05) is 42.5 Å². The van der Waals surface area contributed by atoms with Crippen LogP contribution < -0.4 is 25.0 Å². The summed E-state index contributed by atoms with van der Waals surface area (Å²) in [6.07, 6.45) is 0.985. The van der Waals surface area contributed by atoms with Gasteiger partial charge in [0.1, 0.15) is 11.5 Å². The number of nitrogens with one attached hydrogen (secondary N) is 2. The molecule has 2 N–H and O–H groups in total. The van der Waals surface area contributed by atoms with Gasteiger partial charge < -0.3 is 25.0 Å². The predicted octanol–water partition coefficient (Wildman–Crippen LogP) is 4.79. The van der Waals surface area contributed by atoms with Crippen molar-refractivity contribution >= 4 is 5.69 Å². The molecule has 33 heavy (non-hydrogen) atoms. The lowest BCUT2D eigenvalue weighted by Gasteiger charge is -2.35. The maximum Gasteiger partial charge on any atom is 0.119 e. The minimum atomic E-state index is 0.231. The van der Waals surface area contributed by atoms with Crippen LogP contribution in [0.4, 0.5) is 5.69 Å². The zero-order chi connectivity index (χ0) is 22.9. The quantitative estimate of drug-likeness (QED) is 0.470. The number of methoxy groups -OCH3 is 1. The van der Waals surface area contributed by atoms with E-state index in [1.54, 1.807) is 7.11 Å². The molecule has 0 aromatic heterocycles. The Morgan fingerprint density at radius 1 is 1.00 bits per heavy atom. The molecule has 1 heterocycles. The third-order valence-electron chi connectivity index (χ3n) is 6.22. The van der Waals surface area contributed by atoms with Gasteiger partial charge in [-0.05, 0) is 60.9 Å². The zero-order valence-corrected chi connectivity index (χ0v) is 19.7. The van der Waals surface area contributed by atoms with Gasteiger partial charge >= 0.3 is 0 Å². The van der Waals surface area contributed by atoms with Gasteiger partial charge in [-0.2, -0.15) is 0 Å². The summed E-state index contributed by atoms with van der Waals surface area (Å²) in [6, 6.07) is 27.9. The van der Waals surface area contributed by atoms with Crippen molar-refractivity contribution in [3.05, 3.63) is 90.0 Å². The minimum Gasteiger partial charge on any atom is -0.497 e. The Balaban J connectivity index is 1.23. The van der Waals surface area contributed by atoms with E-state index in [1.165, 1.54) is 16.8 Å². The van der Waals surface area contributed by atoms with Crippen molar-refractivity contribution in [2.75, 3.05) is 38.3 Å². The Morgan fingerprint density at radius 3 is 2.67 bits per heavy atom. The lowest BCUT2D eigenvalue weighted by molar-refractivity contribution is 0.279. The molecule has 2 unspecified atom stereocenters. The third-order valence-corrected chi connectivity index (χ3v) is 6.22. The van der Waals surface area contributed by atoms with Crippen molar-refractivity contribution in [1.29, 1.82) is 0 Å². The number of para-hydroxylation sites is 1. The lowest BCUT2D eigenvalue weighted by Crippen LogP contribution is -2.51. The molecule has 1 aliphatic rings. The summed E-state index contributed by atoms with van der Waals surface area (Å²) in [5.74, 6) is 1.81. The maximum absolute atomic E-state index is 6.11. The fourth-order valence-electron chi connectivity index (χ4n) is 4.26. The SMILES string of the molecule is COc1cccc(C(C)NCc2cccc(OCCC3CN(c4ccccc4)CCN3)c2)c1. The van der Waals surface area contributed by atoms with Crippen LogP contribution in [0.5, 0.6) is 11.5 Å². The van der Waals surface area contributed by atoms with E-state index in [2.05, 4.69) is 83.1 Å². The highest BCUT2D eigenvalue weighted by Crippen LogP contribution is 2.20. The predicted molar refractivity (Wildman–Crippen MR) is 135 cm³/mol. The van der Waals surface area contributed by atoms with Crippen molar-refractivity contribution in [1.82, 2.24) is 10.6 Å². The Kier molecular flexibility index (Phi) is 8.23. The van der Waals surface area contributed by atoms with E-state index < -0.39 is 0 Å². The largest absolute Gasteiger partial charge is 0.497 e. The summed E-state index contributed by atoms with van der Waals surface area (Å²) in [5, 5.41) is 7.23. The monoisotopic (exact) mass is 445 g/mol. The fraction of sp³-hybridized carbons (Fsp3) is 0.357. The number of hydrogen-bond acceptors (Lipinski definition) is 5. The van der Waals surface area contributed by atoms with Crippen molar-refractivity contribution in [2.45, 2.75) is 32.0 Å². The van der Waals surface area contributed by atoms with Crippen LogP contribution in [-0.4, -0.2) is 39.4 Å². The Morgan fingerprint density at radius 2 is 1.82 bits per heavy atom. The molecule has 5 heteroatoms. The Labute approximate surface area is 197 Å². The highest BCUT2D eigenvalue weighted by molar-refractivity contribution is 5.46. The van der Waals surface area contributed by atoms with Gasteiger partial charge in [0.15, 0.2) is 0 Å². The second-order valence-electron chi connectivity index (χ2n) is 8.60. The van der Waals surface area contributed by atoms with E-state index in [4.69, 9.17) is 9.47 Å². The summed E-state index contributed by atoms with van der Waals surface area (Å²) >= 11 is 0. The van der Waals surface area contributed by atoms with Crippen LogP contribution in [0.2, 0.25) is 0 Å². The molecule has 174 valence electrons. The highest BCUT2D eigenvalue weighted by atomic mass is 16.5. The van der Waals surface area contributed by atoms with Crippen LogP contribution in [0, 0.1) is 0 Å². The van der Waals surface area contributed by atoms with Gasteiger partial charge in [-0.25, -0.2) is 0 Å². The van der Waals surface area contributed by atoms with E-state index in [1.807, 2.05) is 18.2 Å². The number of rotatable bonds is 10. The van der Waals surface area contributed by atoms with Crippen molar-refractivity contribution in [2.24, 2.45) is 0 Å². The van der Waals surface area contributed by atoms with Crippen molar-refractivity contribution < 1.29 is 9.47 Å². The first-order chi connectivity index (χ1) is 16.2. The van der Waals surface area contributed by atoms with E-state index in [0.717, 1.165) is 44.1 Å². The fourth-order valence-corrected chi connectivity index (χ4v) is 4.26. The first-order valence-corrected chi connectivity index (χ1v) is 11.8. The molecular weight excluding hydrogens is 410 g/mol. The molecule has 3 aromatic carbocycles. The van der Waals surface area contributed by atoms with Gasteiger partial charge in [-0.15, -0.1) is 0 Å². The minimum absolute atomic E-state index is 0.231. The maximum atomic E-state index is 6.11. The van der Waals surface area contributed by atoms with E-state index in [9.17, 15) is 0 Å². The average molecular weight is 446 g/mol. The number of anilines is 1. The Hall–Kier alpha value is -3.02. The van der Waals surface area contributed by atoms with Crippen LogP contribution in [0.25, 0.3) is 0 Å². The molecule has 1 fully saturated rings. The van der Waals surface area contributed by atoms with Crippen LogP contribution in [0.1, 0.15) is 30.5 Å². The third kappa shape index (κ3) is 6.73. The number of ether oxygens (including phenoxy) is 2. The highest BCUT2D eigenvalue weighted by Gasteiger charge is 2.19. The number of piperazine rings is 1. The smallest absolute Gasteiger partial charge is 0.119 e. The lowest BCUT2D eigenvalue weighted by atomic mass is 10.1. The second kappa shape index (κ2) is 11.7. The number of nitrogens with zero attached hydrogens (tertiary/aromatic N) is 1. The molecular formula is C28H35N3O2. The van der Waals surface area contributed by atoms with E-state index >= 15 is 0 Å². The second-order valence-corrected chi connectivity index (χ2v) is 8.60. The van der Waals surface area contributed by atoms with Gasteiger partial charge in [0.2, 0.25) is 0 Å². The standard InChI is InChI=1S/C28H35N3O2/c1-22(24-9-7-12-27(19-24)32-2)30-20-23-8-6-13-28(18-23)33-17-14-25-21-31(16-15-29-25)26-10-4-3-5-11-26/h3-13,18-19,22,25,29-30H,14-17,20-21H2,1-2H3. The molecule has 3 aromatic rings. The molecule has 1 saturated heterocycles. The topological polar surface area (TPSA) is 45.8 Å². The number of benzene rings is 3. The van der Waals surface area contributed by atoms with Crippen LogP contribution in [-0.2, 0) is 6.54 Å². The van der Waals surface area contributed by atoms with Gasteiger partial charge in [-0.3, -0.25) is 0 Å². The van der Waals surface area contributed by atoms with Gasteiger partial charge in [0, 0.05) is 44.0 Å².